The van der Waals surface area contributed by atoms with Gasteiger partial charge in [0, 0.05) is 17.1 Å². The van der Waals surface area contributed by atoms with Gasteiger partial charge in [-0.05, 0) is 36.1 Å². The number of carbonyl (C=O) groups is 2. The standard InChI is InChI=1S/C29H24N2O4/c1-18-11-13-20(14-12-18)26-27(30-21-15-16-24(34-2)25(17-21)35-3)29(33)31(28(26)32)23-10-6-8-19-7-4-5-9-22(19)23/h4-17,30H,1-3H3. The molecule has 0 atom stereocenters. The number of benzene rings is 4. The Labute approximate surface area is 203 Å². The summed E-state index contributed by atoms with van der Waals surface area (Å²) in [6.45, 7) is 1.98. The number of methoxy groups -OCH3 is 2. The summed E-state index contributed by atoms with van der Waals surface area (Å²) in [5.41, 5.74) is 3.40. The molecule has 0 saturated carbocycles. The Bertz CT molecular complexity index is 1480. The van der Waals surface area contributed by atoms with Gasteiger partial charge in [-0.3, -0.25) is 9.59 Å². The second kappa shape index (κ2) is 8.99. The van der Waals surface area contributed by atoms with Crippen molar-refractivity contribution < 1.29 is 19.1 Å². The van der Waals surface area contributed by atoms with E-state index in [-0.39, 0.29) is 11.6 Å². The van der Waals surface area contributed by atoms with Gasteiger partial charge in [-0.15, -0.1) is 0 Å². The third kappa shape index (κ3) is 3.89. The Morgan fingerprint density at radius 3 is 2.20 bits per heavy atom. The zero-order valence-electron chi connectivity index (χ0n) is 19.7. The third-order valence-corrected chi connectivity index (χ3v) is 6.08. The largest absolute Gasteiger partial charge is 0.493 e. The molecule has 1 aliphatic rings. The van der Waals surface area contributed by atoms with E-state index < -0.39 is 5.91 Å². The zero-order valence-corrected chi connectivity index (χ0v) is 19.7. The van der Waals surface area contributed by atoms with Crippen molar-refractivity contribution in [3.05, 3.63) is 102 Å². The van der Waals surface area contributed by atoms with E-state index in [1.54, 1.807) is 38.5 Å². The Morgan fingerprint density at radius 1 is 0.743 bits per heavy atom. The number of aryl methyl sites for hydroxylation is 1. The third-order valence-electron chi connectivity index (χ3n) is 6.08. The first-order valence-electron chi connectivity index (χ1n) is 11.2. The molecule has 0 aromatic heterocycles. The van der Waals surface area contributed by atoms with Crippen LogP contribution in [0.25, 0.3) is 16.3 Å². The van der Waals surface area contributed by atoms with Gasteiger partial charge in [-0.1, -0.05) is 66.2 Å². The summed E-state index contributed by atoms with van der Waals surface area (Å²) >= 11 is 0. The second-order valence-corrected chi connectivity index (χ2v) is 8.25. The molecule has 0 aliphatic carbocycles. The zero-order chi connectivity index (χ0) is 24.5. The van der Waals surface area contributed by atoms with Crippen LogP contribution in [0.3, 0.4) is 0 Å². The number of nitrogens with zero attached hydrogens (tertiary/aromatic N) is 1. The lowest BCUT2D eigenvalue weighted by atomic mass is 10.0. The molecule has 6 heteroatoms. The molecule has 0 bridgehead atoms. The van der Waals surface area contributed by atoms with E-state index in [1.807, 2.05) is 67.6 Å². The van der Waals surface area contributed by atoms with Crippen LogP contribution < -0.4 is 19.7 Å². The van der Waals surface area contributed by atoms with Crippen molar-refractivity contribution >= 4 is 39.5 Å². The van der Waals surface area contributed by atoms with Crippen LogP contribution in [0.5, 0.6) is 11.5 Å². The Hall–Kier alpha value is -4.58. The van der Waals surface area contributed by atoms with Crippen molar-refractivity contribution in [1.29, 1.82) is 0 Å². The van der Waals surface area contributed by atoms with Crippen molar-refractivity contribution in [3.63, 3.8) is 0 Å². The van der Waals surface area contributed by atoms with Gasteiger partial charge in [0.2, 0.25) is 0 Å². The molecule has 5 rings (SSSR count). The van der Waals surface area contributed by atoms with E-state index >= 15 is 0 Å². The number of hydrogen-bond donors (Lipinski definition) is 1. The molecule has 4 aromatic rings. The van der Waals surface area contributed by atoms with E-state index in [0.717, 1.165) is 16.3 Å². The number of hydrogen-bond acceptors (Lipinski definition) is 5. The van der Waals surface area contributed by atoms with Crippen molar-refractivity contribution in [2.45, 2.75) is 6.92 Å². The topological polar surface area (TPSA) is 67.9 Å². The fourth-order valence-electron chi connectivity index (χ4n) is 4.31. The Balaban J connectivity index is 1.64. The van der Waals surface area contributed by atoms with Gasteiger partial charge in [0.25, 0.3) is 11.8 Å². The second-order valence-electron chi connectivity index (χ2n) is 8.25. The summed E-state index contributed by atoms with van der Waals surface area (Å²) < 4.78 is 10.7. The first-order chi connectivity index (χ1) is 17.0. The molecular formula is C29H24N2O4. The molecular weight excluding hydrogens is 440 g/mol. The predicted molar refractivity (Wildman–Crippen MR) is 138 cm³/mol. The summed E-state index contributed by atoms with van der Waals surface area (Å²) in [6.07, 6.45) is 0. The lowest BCUT2D eigenvalue weighted by molar-refractivity contribution is -0.120. The van der Waals surface area contributed by atoms with Crippen LogP contribution in [-0.2, 0) is 9.59 Å². The number of nitrogens with one attached hydrogen (secondary N) is 1. The van der Waals surface area contributed by atoms with Crippen LogP contribution in [0.2, 0.25) is 0 Å². The molecule has 4 aromatic carbocycles. The van der Waals surface area contributed by atoms with Crippen molar-refractivity contribution in [2.24, 2.45) is 0 Å². The molecule has 0 unspecified atom stereocenters. The fraction of sp³-hybridized carbons (Fsp3) is 0.103. The summed E-state index contributed by atoms with van der Waals surface area (Å²) in [6, 6.07) is 26.1. The van der Waals surface area contributed by atoms with Crippen molar-refractivity contribution in [2.75, 3.05) is 24.4 Å². The lowest BCUT2D eigenvalue weighted by Crippen LogP contribution is -2.32. The summed E-state index contributed by atoms with van der Waals surface area (Å²) in [7, 11) is 3.11. The first kappa shape index (κ1) is 22.2. The maximum absolute atomic E-state index is 13.8. The number of anilines is 2. The van der Waals surface area contributed by atoms with Gasteiger partial charge in [0.15, 0.2) is 11.5 Å². The molecule has 2 amide bonds. The molecule has 1 N–H and O–H groups in total. The minimum Gasteiger partial charge on any atom is -0.493 e. The van der Waals surface area contributed by atoms with E-state index in [2.05, 4.69) is 5.32 Å². The van der Waals surface area contributed by atoms with Crippen LogP contribution in [0, 0.1) is 6.92 Å². The molecule has 1 heterocycles. The van der Waals surface area contributed by atoms with Gasteiger partial charge in [-0.2, -0.15) is 0 Å². The van der Waals surface area contributed by atoms with E-state index in [1.165, 1.54) is 4.90 Å². The Kier molecular flexibility index (Phi) is 5.71. The van der Waals surface area contributed by atoms with Crippen LogP contribution in [0.15, 0.2) is 90.6 Å². The minimum atomic E-state index is -0.420. The van der Waals surface area contributed by atoms with Gasteiger partial charge >= 0.3 is 0 Å². The molecule has 6 nitrogen and oxygen atoms in total. The monoisotopic (exact) mass is 464 g/mol. The molecule has 0 saturated heterocycles. The molecule has 0 radical (unpaired) electrons. The van der Waals surface area contributed by atoms with Crippen molar-refractivity contribution in [3.8, 4) is 11.5 Å². The fourth-order valence-corrected chi connectivity index (χ4v) is 4.31. The SMILES string of the molecule is COc1ccc(NC2=C(c3ccc(C)cc3)C(=O)N(c3cccc4ccccc34)C2=O)cc1OC. The normalized spacial score (nSPS) is 13.5. The highest BCUT2D eigenvalue weighted by Gasteiger charge is 2.40. The van der Waals surface area contributed by atoms with E-state index in [4.69, 9.17) is 9.47 Å². The molecule has 174 valence electrons. The summed E-state index contributed by atoms with van der Waals surface area (Å²) in [4.78, 5) is 28.9. The van der Waals surface area contributed by atoms with Crippen LogP contribution in [0.1, 0.15) is 11.1 Å². The van der Waals surface area contributed by atoms with Crippen LogP contribution in [-0.4, -0.2) is 26.0 Å². The van der Waals surface area contributed by atoms with Gasteiger partial charge in [-0.25, -0.2) is 4.90 Å². The average Bonchev–Trinajstić information content (AvgIpc) is 3.13. The maximum atomic E-state index is 13.8. The van der Waals surface area contributed by atoms with Gasteiger partial charge < -0.3 is 14.8 Å². The number of imide groups is 1. The maximum Gasteiger partial charge on any atom is 0.282 e. The van der Waals surface area contributed by atoms with Crippen LogP contribution >= 0.6 is 0 Å². The number of rotatable bonds is 6. The number of fused-ring (bicyclic) bond motifs is 1. The highest BCUT2D eigenvalue weighted by molar-refractivity contribution is 6.47. The average molecular weight is 465 g/mol. The van der Waals surface area contributed by atoms with Crippen molar-refractivity contribution in [1.82, 2.24) is 0 Å². The molecule has 0 fully saturated rings. The predicted octanol–water partition coefficient (Wildman–Crippen LogP) is 5.56. The number of carbonyl (C=O) groups excluding carboxylic acids is 2. The highest BCUT2D eigenvalue weighted by Crippen LogP contribution is 2.38. The van der Waals surface area contributed by atoms with Gasteiger partial charge in [0.05, 0.1) is 25.5 Å². The lowest BCUT2D eigenvalue weighted by Gasteiger charge is -2.18. The quantitative estimate of drug-likeness (QED) is 0.378. The Morgan fingerprint density at radius 2 is 1.46 bits per heavy atom. The summed E-state index contributed by atoms with van der Waals surface area (Å²) in [5, 5.41) is 4.96. The first-order valence-corrected chi connectivity index (χ1v) is 11.2. The van der Waals surface area contributed by atoms with Gasteiger partial charge in [0.1, 0.15) is 5.70 Å². The van der Waals surface area contributed by atoms with Crippen LogP contribution in [0.4, 0.5) is 11.4 Å². The van der Waals surface area contributed by atoms with E-state index in [0.29, 0.717) is 34.0 Å². The molecule has 0 spiro atoms. The molecule has 1 aliphatic heterocycles. The highest BCUT2D eigenvalue weighted by atomic mass is 16.5. The minimum absolute atomic E-state index is 0.207. The molecule has 35 heavy (non-hydrogen) atoms. The summed E-state index contributed by atoms with van der Waals surface area (Å²) in [5.74, 6) is 0.282. The number of amides is 2. The smallest absolute Gasteiger partial charge is 0.282 e. The number of ether oxygens (including phenoxy) is 2. The van der Waals surface area contributed by atoms with E-state index in [9.17, 15) is 9.59 Å².